The van der Waals surface area contributed by atoms with E-state index in [1.807, 2.05) is 11.0 Å². The highest BCUT2D eigenvalue weighted by Gasteiger charge is 2.51. The maximum absolute atomic E-state index is 14.5. The third-order valence-electron chi connectivity index (χ3n) is 10.4. The molecule has 8 rings (SSSR count). The number of nitrogens with zero attached hydrogens (tertiary/aromatic N) is 7. The minimum Gasteiger partial charge on any atom is -0.356 e. The third kappa shape index (κ3) is 3.93. The molecule has 0 saturated carbocycles. The van der Waals surface area contributed by atoms with Gasteiger partial charge >= 0.3 is 0 Å². The number of hydrogen-bond donors (Lipinski definition) is 0. The SMILES string of the molecule is CC[C@@]12C=C(C(=O)N3CCN(c4nc(Cl)cc(N5CCCC5)n4)CC3)n3c4c(c5ccccc53)CCN(CCC1)[C@H]42. The van der Waals surface area contributed by atoms with Crippen molar-refractivity contribution in [2.75, 3.05) is 62.2 Å². The van der Waals surface area contributed by atoms with Crippen molar-refractivity contribution in [2.24, 2.45) is 5.41 Å². The van der Waals surface area contributed by atoms with Gasteiger partial charge in [0.15, 0.2) is 0 Å². The van der Waals surface area contributed by atoms with Crippen molar-refractivity contribution in [1.82, 2.24) is 24.3 Å². The van der Waals surface area contributed by atoms with Gasteiger partial charge in [0.1, 0.15) is 16.7 Å². The van der Waals surface area contributed by atoms with E-state index in [1.54, 1.807) is 0 Å². The van der Waals surface area contributed by atoms with Gasteiger partial charge in [-0.3, -0.25) is 9.69 Å². The molecular weight excluding hydrogens is 534 g/mol. The Balaban J connectivity index is 1.11. The summed E-state index contributed by atoms with van der Waals surface area (Å²) in [5.41, 5.74) is 4.87. The number of benzene rings is 1. The number of piperazine rings is 1. The average molecular weight is 572 g/mol. The normalized spacial score (nSPS) is 26.0. The first-order valence-corrected chi connectivity index (χ1v) is 15.9. The summed E-state index contributed by atoms with van der Waals surface area (Å²) in [5, 5.41) is 1.79. The Hall–Kier alpha value is -3.10. The first-order chi connectivity index (χ1) is 20.1. The summed E-state index contributed by atoms with van der Waals surface area (Å²) in [4.78, 5) is 33.1. The molecule has 9 heteroatoms. The molecule has 8 nitrogen and oxygen atoms in total. The number of piperidine rings is 1. The van der Waals surface area contributed by atoms with Gasteiger partial charge in [-0.15, -0.1) is 0 Å². The van der Waals surface area contributed by atoms with Crippen LogP contribution in [0.3, 0.4) is 0 Å². The van der Waals surface area contributed by atoms with E-state index < -0.39 is 0 Å². The molecule has 214 valence electrons. The zero-order valence-corrected chi connectivity index (χ0v) is 24.6. The lowest BCUT2D eigenvalue weighted by Gasteiger charge is -2.53. The molecule has 1 aromatic carbocycles. The molecule has 0 radical (unpaired) electrons. The predicted octanol–water partition coefficient (Wildman–Crippen LogP) is 4.98. The maximum atomic E-state index is 14.5. The second kappa shape index (κ2) is 9.73. The molecule has 2 atom stereocenters. The number of fused-ring (bicyclic) bond motifs is 3. The summed E-state index contributed by atoms with van der Waals surface area (Å²) in [7, 11) is 0. The average Bonchev–Trinajstić information content (AvgIpc) is 3.67. The van der Waals surface area contributed by atoms with Crippen LogP contribution in [0.15, 0.2) is 36.4 Å². The lowest BCUT2D eigenvalue weighted by molar-refractivity contribution is -0.126. The van der Waals surface area contributed by atoms with Gasteiger partial charge < -0.3 is 19.3 Å². The van der Waals surface area contributed by atoms with Crippen LogP contribution in [0, 0.1) is 5.41 Å². The second-order valence-electron chi connectivity index (χ2n) is 12.4. The van der Waals surface area contributed by atoms with E-state index in [0.717, 1.165) is 57.0 Å². The molecule has 7 heterocycles. The van der Waals surface area contributed by atoms with E-state index in [4.69, 9.17) is 16.6 Å². The number of anilines is 2. The zero-order chi connectivity index (χ0) is 27.7. The van der Waals surface area contributed by atoms with Crippen molar-refractivity contribution in [3.05, 3.63) is 52.8 Å². The van der Waals surface area contributed by atoms with Crippen LogP contribution < -0.4 is 9.80 Å². The fourth-order valence-corrected chi connectivity index (χ4v) is 8.52. The van der Waals surface area contributed by atoms with Crippen molar-refractivity contribution in [3.8, 4) is 0 Å². The molecule has 3 saturated heterocycles. The second-order valence-corrected chi connectivity index (χ2v) is 12.8. The molecule has 0 unspecified atom stereocenters. The van der Waals surface area contributed by atoms with Gasteiger partial charge in [0.25, 0.3) is 5.91 Å². The third-order valence-corrected chi connectivity index (χ3v) is 10.6. The lowest BCUT2D eigenvalue weighted by atomic mass is 9.66. The van der Waals surface area contributed by atoms with Gasteiger partial charge in [-0.1, -0.05) is 36.7 Å². The van der Waals surface area contributed by atoms with E-state index in [0.29, 0.717) is 43.3 Å². The number of aromatic nitrogens is 3. The largest absolute Gasteiger partial charge is 0.356 e. The van der Waals surface area contributed by atoms with Gasteiger partial charge in [-0.2, -0.15) is 4.98 Å². The fourth-order valence-electron chi connectivity index (χ4n) is 8.35. The molecule has 3 fully saturated rings. The molecule has 3 aromatic rings. The number of amides is 1. The standard InChI is InChI=1S/C32H38ClN7O/c1-2-32-11-7-14-37-15-10-23-22-8-3-4-9-24(22)40(28(23)29(32)37)25(21-32)30(41)38-16-18-39(19-17-38)31-34-26(33)20-27(35-31)36-12-5-6-13-36/h3-4,8-9,20-21,29H,2,5-7,10-19H2,1H3/t29-,32+/m1/s1. The molecule has 41 heavy (non-hydrogen) atoms. The van der Waals surface area contributed by atoms with Gasteiger partial charge in [0, 0.05) is 68.4 Å². The zero-order valence-electron chi connectivity index (χ0n) is 23.9. The lowest BCUT2D eigenvalue weighted by Crippen LogP contribution is -2.53. The smallest absolute Gasteiger partial charge is 0.270 e. The van der Waals surface area contributed by atoms with Crippen LogP contribution in [0.4, 0.5) is 11.8 Å². The maximum Gasteiger partial charge on any atom is 0.270 e. The Morgan fingerprint density at radius 3 is 2.59 bits per heavy atom. The van der Waals surface area contributed by atoms with Crippen molar-refractivity contribution >= 4 is 45.9 Å². The Labute approximate surface area is 246 Å². The number of para-hydroxylation sites is 1. The summed E-state index contributed by atoms with van der Waals surface area (Å²) in [5.74, 6) is 1.73. The number of carbonyl (C=O) groups is 1. The van der Waals surface area contributed by atoms with Gasteiger partial charge in [0.05, 0.1) is 11.6 Å². The van der Waals surface area contributed by atoms with E-state index >= 15 is 0 Å². The molecular formula is C32H38ClN7O. The Morgan fingerprint density at radius 2 is 1.78 bits per heavy atom. The Morgan fingerprint density at radius 1 is 0.976 bits per heavy atom. The van der Waals surface area contributed by atoms with Crippen LogP contribution in [0.5, 0.6) is 0 Å². The minimum atomic E-state index is 0.00517. The summed E-state index contributed by atoms with van der Waals surface area (Å²) >= 11 is 6.44. The van der Waals surface area contributed by atoms with E-state index in [-0.39, 0.29) is 11.3 Å². The summed E-state index contributed by atoms with van der Waals surface area (Å²) in [6.45, 7) is 9.27. The first-order valence-electron chi connectivity index (χ1n) is 15.5. The predicted molar refractivity (Wildman–Crippen MR) is 163 cm³/mol. The topological polar surface area (TPSA) is 60.7 Å². The first kappa shape index (κ1) is 25.6. The number of hydrogen-bond acceptors (Lipinski definition) is 6. The van der Waals surface area contributed by atoms with E-state index in [2.05, 4.69) is 61.5 Å². The van der Waals surface area contributed by atoms with E-state index in [9.17, 15) is 4.79 Å². The van der Waals surface area contributed by atoms with Gasteiger partial charge in [0.2, 0.25) is 5.95 Å². The van der Waals surface area contributed by atoms with Crippen LogP contribution in [-0.2, 0) is 11.2 Å². The number of carbonyl (C=O) groups excluding carboxylic acids is 1. The fraction of sp³-hybridized carbons (Fsp3) is 0.531. The molecule has 1 amide bonds. The van der Waals surface area contributed by atoms with Crippen LogP contribution in [0.1, 0.15) is 56.3 Å². The quantitative estimate of drug-likeness (QED) is 0.412. The van der Waals surface area contributed by atoms with Crippen molar-refractivity contribution in [1.29, 1.82) is 0 Å². The molecule has 0 bridgehead atoms. The van der Waals surface area contributed by atoms with Crippen LogP contribution in [-0.4, -0.2) is 82.6 Å². The van der Waals surface area contributed by atoms with Crippen LogP contribution >= 0.6 is 11.6 Å². The molecule has 0 N–H and O–H groups in total. The highest BCUT2D eigenvalue weighted by Crippen LogP contribution is 2.57. The summed E-state index contributed by atoms with van der Waals surface area (Å²) < 4.78 is 2.35. The highest BCUT2D eigenvalue weighted by molar-refractivity contribution is 6.29. The van der Waals surface area contributed by atoms with Crippen LogP contribution in [0.2, 0.25) is 5.15 Å². The summed E-state index contributed by atoms with van der Waals surface area (Å²) in [6.07, 6.45) is 9.19. The summed E-state index contributed by atoms with van der Waals surface area (Å²) in [6, 6.07) is 10.9. The van der Waals surface area contributed by atoms with Crippen LogP contribution in [0.25, 0.3) is 16.6 Å². The minimum absolute atomic E-state index is 0.00517. The monoisotopic (exact) mass is 571 g/mol. The number of halogens is 1. The van der Waals surface area contributed by atoms with Crippen molar-refractivity contribution in [3.63, 3.8) is 0 Å². The molecule has 0 spiro atoms. The van der Waals surface area contributed by atoms with E-state index in [1.165, 1.54) is 41.4 Å². The molecule has 5 aliphatic heterocycles. The van der Waals surface area contributed by atoms with Crippen molar-refractivity contribution in [2.45, 2.75) is 51.5 Å². The molecule has 2 aromatic heterocycles. The highest BCUT2D eigenvalue weighted by atomic mass is 35.5. The number of rotatable bonds is 4. The molecule has 0 aliphatic carbocycles. The molecule has 5 aliphatic rings. The van der Waals surface area contributed by atoms with Gasteiger partial charge in [-0.05, 0) is 62.8 Å². The van der Waals surface area contributed by atoms with Crippen molar-refractivity contribution < 1.29 is 4.79 Å². The Kier molecular flexibility index (Phi) is 6.08. The Bertz CT molecular complexity index is 1550. The van der Waals surface area contributed by atoms with Gasteiger partial charge in [-0.25, -0.2) is 4.98 Å².